The third-order valence-electron chi connectivity index (χ3n) is 3.72. The average molecular weight is 253 g/mol. The predicted molar refractivity (Wildman–Crippen MR) is 68.1 cm³/mol. The molecule has 1 aliphatic carbocycles. The fraction of sp³-hybridized carbons (Fsp3) is 0.846. The van der Waals surface area contributed by atoms with Crippen molar-refractivity contribution >= 4 is 0 Å². The summed E-state index contributed by atoms with van der Waals surface area (Å²) in [6.45, 7) is 2.12. The summed E-state index contributed by atoms with van der Waals surface area (Å²) in [4.78, 5) is 4.49. The van der Waals surface area contributed by atoms with Crippen LogP contribution in [0, 0.1) is 0 Å². The van der Waals surface area contributed by atoms with Crippen molar-refractivity contribution in [2.45, 2.75) is 63.5 Å². The van der Waals surface area contributed by atoms with Crippen LogP contribution in [0.5, 0.6) is 0 Å². The zero-order valence-corrected chi connectivity index (χ0v) is 11.3. The summed E-state index contributed by atoms with van der Waals surface area (Å²) >= 11 is 0. The van der Waals surface area contributed by atoms with Gasteiger partial charge in [0.2, 0.25) is 11.7 Å². The van der Waals surface area contributed by atoms with Gasteiger partial charge in [-0.15, -0.1) is 0 Å². The molecule has 2 N–H and O–H groups in total. The first-order valence-corrected chi connectivity index (χ1v) is 6.88. The zero-order valence-electron chi connectivity index (χ0n) is 11.3. The van der Waals surface area contributed by atoms with Crippen LogP contribution in [0.2, 0.25) is 0 Å². The maximum Gasteiger partial charge on any atom is 0.231 e. The van der Waals surface area contributed by atoms with Gasteiger partial charge in [0.05, 0.1) is 5.92 Å². The van der Waals surface area contributed by atoms with Crippen molar-refractivity contribution in [3.63, 3.8) is 0 Å². The molecule has 0 radical (unpaired) electrons. The second kappa shape index (κ2) is 6.29. The maximum atomic E-state index is 6.13. The van der Waals surface area contributed by atoms with Crippen molar-refractivity contribution in [2.75, 3.05) is 7.11 Å². The second-order valence-corrected chi connectivity index (χ2v) is 5.06. The summed E-state index contributed by atoms with van der Waals surface area (Å²) in [5.74, 6) is 1.57. The Morgan fingerprint density at radius 2 is 2.22 bits per heavy atom. The molecule has 3 unspecified atom stereocenters. The molecule has 1 saturated carbocycles. The van der Waals surface area contributed by atoms with Gasteiger partial charge in [0.1, 0.15) is 6.10 Å². The number of methoxy groups -OCH3 is 1. The zero-order chi connectivity index (χ0) is 13.0. The number of nitrogens with zero attached hydrogens (tertiary/aromatic N) is 2. The molecule has 1 aromatic heterocycles. The lowest BCUT2D eigenvalue weighted by Gasteiger charge is -2.25. The number of ether oxygens (including phenoxy) is 1. The van der Waals surface area contributed by atoms with E-state index in [0.717, 1.165) is 25.7 Å². The Bertz CT molecular complexity index is 367. The molecule has 5 nitrogen and oxygen atoms in total. The number of hydrogen-bond acceptors (Lipinski definition) is 5. The van der Waals surface area contributed by atoms with E-state index in [-0.39, 0.29) is 18.1 Å². The van der Waals surface area contributed by atoms with Crippen LogP contribution in [0.1, 0.15) is 69.2 Å². The van der Waals surface area contributed by atoms with E-state index in [1.54, 1.807) is 7.11 Å². The van der Waals surface area contributed by atoms with E-state index in [1.165, 1.54) is 12.8 Å². The molecule has 18 heavy (non-hydrogen) atoms. The van der Waals surface area contributed by atoms with Crippen LogP contribution in [0.4, 0.5) is 0 Å². The standard InChI is InChI=1S/C13H23N3O2/c1-3-6-11(17-2)12-15-13(18-16-12)9-7-4-5-8-10(9)14/h9-11H,3-8,14H2,1-2H3. The molecule has 3 atom stereocenters. The minimum absolute atomic E-state index is 0.0627. The van der Waals surface area contributed by atoms with Gasteiger partial charge in [0.15, 0.2) is 0 Å². The lowest BCUT2D eigenvalue weighted by Crippen LogP contribution is -2.31. The molecule has 1 fully saturated rings. The fourth-order valence-corrected chi connectivity index (χ4v) is 2.61. The van der Waals surface area contributed by atoms with Gasteiger partial charge in [0, 0.05) is 13.2 Å². The minimum atomic E-state index is -0.0627. The highest BCUT2D eigenvalue weighted by molar-refractivity contribution is 5.02. The molecule has 1 heterocycles. The first-order valence-electron chi connectivity index (χ1n) is 6.88. The molecule has 0 spiro atoms. The average Bonchev–Trinajstić information content (AvgIpc) is 2.85. The summed E-state index contributed by atoms with van der Waals surface area (Å²) in [5, 5.41) is 4.05. The van der Waals surface area contributed by atoms with Crippen LogP contribution >= 0.6 is 0 Å². The Balaban J connectivity index is 2.08. The van der Waals surface area contributed by atoms with E-state index in [2.05, 4.69) is 17.1 Å². The highest BCUT2D eigenvalue weighted by Crippen LogP contribution is 2.31. The van der Waals surface area contributed by atoms with Crippen LogP contribution in [0.15, 0.2) is 4.52 Å². The Labute approximate surface area is 108 Å². The summed E-state index contributed by atoms with van der Waals surface area (Å²) in [6, 6.07) is 0.152. The van der Waals surface area contributed by atoms with Crippen molar-refractivity contribution in [1.82, 2.24) is 10.1 Å². The summed E-state index contributed by atoms with van der Waals surface area (Å²) < 4.78 is 10.8. The highest BCUT2D eigenvalue weighted by atomic mass is 16.5. The molecule has 0 aromatic carbocycles. The van der Waals surface area contributed by atoms with Crippen molar-refractivity contribution in [1.29, 1.82) is 0 Å². The topological polar surface area (TPSA) is 74.2 Å². The molecule has 102 valence electrons. The van der Waals surface area contributed by atoms with Crippen LogP contribution in [0.25, 0.3) is 0 Å². The minimum Gasteiger partial charge on any atom is -0.373 e. The van der Waals surface area contributed by atoms with Crippen molar-refractivity contribution < 1.29 is 9.26 Å². The normalized spacial score (nSPS) is 26.2. The van der Waals surface area contributed by atoms with Crippen LogP contribution in [-0.2, 0) is 4.74 Å². The lowest BCUT2D eigenvalue weighted by atomic mass is 9.85. The third-order valence-corrected chi connectivity index (χ3v) is 3.72. The van der Waals surface area contributed by atoms with Gasteiger partial charge < -0.3 is 15.0 Å². The molecule has 0 saturated heterocycles. The lowest BCUT2D eigenvalue weighted by molar-refractivity contribution is 0.0854. The van der Waals surface area contributed by atoms with E-state index < -0.39 is 0 Å². The first-order chi connectivity index (χ1) is 8.76. The van der Waals surface area contributed by atoms with Gasteiger partial charge in [-0.1, -0.05) is 31.3 Å². The Kier molecular flexibility index (Phi) is 4.72. The summed E-state index contributed by atoms with van der Waals surface area (Å²) in [5.41, 5.74) is 6.13. The first kappa shape index (κ1) is 13.5. The van der Waals surface area contributed by atoms with Crippen molar-refractivity contribution in [3.8, 4) is 0 Å². The third kappa shape index (κ3) is 2.90. The quantitative estimate of drug-likeness (QED) is 0.872. The molecule has 1 aromatic rings. The van der Waals surface area contributed by atoms with Crippen molar-refractivity contribution in [2.24, 2.45) is 5.73 Å². The molecule has 2 rings (SSSR count). The van der Waals surface area contributed by atoms with Crippen LogP contribution in [-0.4, -0.2) is 23.3 Å². The van der Waals surface area contributed by atoms with Crippen LogP contribution < -0.4 is 5.73 Å². The number of rotatable bonds is 5. The van der Waals surface area contributed by atoms with Gasteiger partial charge in [-0.2, -0.15) is 4.98 Å². The van der Waals surface area contributed by atoms with Gasteiger partial charge >= 0.3 is 0 Å². The number of aromatic nitrogens is 2. The van der Waals surface area contributed by atoms with Gasteiger partial charge in [-0.05, 0) is 19.3 Å². The fourth-order valence-electron chi connectivity index (χ4n) is 2.61. The highest BCUT2D eigenvalue weighted by Gasteiger charge is 2.29. The van der Waals surface area contributed by atoms with Gasteiger partial charge in [-0.3, -0.25) is 0 Å². The van der Waals surface area contributed by atoms with E-state index in [0.29, 0.717) is 11.7 Å². The number of hydrogen-bond donors (Lipinski definition) is 1. The van der Waals surface area contributed by atoms with E-state index >= 15 is 0 Å². The molecule has 0 aliphatic heterocycles. The molecular weight excluding hydrogens is 230 g/mol. The Morgan fingerprint density at radius 1 is 1.44 bits per heavy atom. The van der Waals surface area contributed by atoms with Gasteiger partial charge in [0.25, 0.3) is 0 Å². The Hall–Kier alpha value is -0.940. The summed E-state index contributed by atoms with van der Waals surface area (Å²) in [6.07, 6.45) is 6.37. The molecule has 0 amide bonds. The predicted octanol–water partition coefficient (Wildman–Crippen LogP) is 2.54. The van der Waals surface area contributed by atoms with E-state index in [1.807, 2.05) is 0 Å². The van der Waals surface area contributed by atoms with E-state index in [4.69, 9.17) is 15.0 Å². The number of nitrogens with two attached hydrogens (primary N) is 1. The molecule has 0 bridgehead atoms. The largest absolute Gasteiger partial charge is 0.373 e. The maximum absolute atomic E-state index is 6.13. The monoisotopic (exact) mass is 253 g/mol. The Morgan fingerprint density at radius 3 is 2.89 bits per heavy atom. The second-order valence-electron chi connectivity index (χ2n) is 5.06. The van der Waals surface area contributed by atoms with Crippen molar-refractivity contribution in [3.05, 3.63) is 11.7 Å². The van der Waals surface area contributed by atoms with Gasteiger partial charge in [-0.25, -0.2) is 0 Å². The van der Waals surface area contributed by atoms with E-state index in [9.17, 15) is 0 Å². The molecular formula is C13H23N3O2. The summed E-state index contributed by atoms with van der Waals surface area (Å²) in [7, 11) is 1.68. The van der Waals surface area contributed by atoms with Crippen LogP contribution in [0.3, 0.4) is 0 Å². The molecule has 5 heteroatoms. The smallest absolute Gasteiger partial charge is 0.231 e. The SMILES string of the molecule is CCCC(OC)c1noc(C2CCCCC2N)n1. The molecule has 1 aliphatic rings.